The first-order valence-electron chi connectivity index (χ1n) is 7.42. The van der Waals surface area contributed by atoms with Gasteiger partial charge in [0.15, 0.2) is 0 Å². The van der Waals surface area contributed by atoms with Gasteiger partial charge in [-0.25, -0.2) is 20.1 Å². The fraction of sp³-hybridized carbons (Fsp3) is 0.444. The number of hydrogen-bond acceptors (Lipinski definition) is 2. The molecule has 1 aromatic rings. The molecule has 2 rings (SSSR count). The zero-order valence-electron chi connectivity index (χ0n) is 16.2. The smallest absolute Gasteiger partial charge is 0.668 e. The van der Waals surface area contributed by atoms with Crippen molar-refractivity contribution in [1.29, 1.82) is 0 Å². The SMILES string of the molecule is CC1=[C-]C(C)C=C1.C[N-]C.C[N-]C.Cc1ccc(S([NH-])(=O)=O)cc1.[Ti+4]. The molecule has 0 fully saturated rings. The molecule has 0 radical (unpaired) electrons. The van der Waals surface area contributed by atoms with Crippen LogP contribution in [0, 0.1) is 18.9 Å². The van der Waals surface area contributed by atoms with Crippen molar-refractivity contribution in [3.05, 3.63) is 69.4 Å². The number of benzene rings is 1. The number of aryl methyl sites for hydroxylation is 1. The Morgan fingerprint density at radius 3 is 1.60 bits per heavy atom. The molecule has 25 heavy (non-hydrogen) atoms. The topological polar surface area (TPSA) is 86.1 Å². The Morgan fingerprint density at radius 2 is 1.40 bits per heavy atom. The molecule has 5 nitrogen and oxygen atoms in total. The van der Waals surface area contributed by atoms with Crippen LogP contribution in [0.5, 0.6) is 0 Å². The predicted octanol–water partition coefficient (Wildman–Crippen LogP) is 4.91. The third-order valence-electron chi connectivity index (χ3n) is 2.42. The summed E-state index contributed by atoms with van der Waals surface area (Å²) in [6.07, 6.45) is 7.47. The van der Waals surface area contributed by atoms with E-state index in [4.69, 9.17) is 5.14 Å². The van der Waals surface area contributed by atoms with Crippen LogP contribution in [0.3, 0.4) is 0 Å². The van der Waals surface area contributed by atoms with Gasteiger partial charge in [0.05, 0.1) is 10.0 Å². The van der Waals surface area contributed by atoms with Gasteiger partial charge in [0.1, 0.15) is 0 Å². The zero-order chi connectivity index (χ0) is 19.2. The third-order valence-corrected chi connectivity index (χ3v) is 3.31. The van der Waals surface area contributed by atoms with Gasteiger partial charge < -0.3 is 15.8 Å². The standard InChI is InChI=1S/C7H8NO2S.C7H9.2C2H6N.Ti/c1-6-2-4-7(5-3-6)11(8,9)10;1-6-3-4-7(2)5-6;2*1-3-2;/h2-5H,1H3,(H-,8,9,10);3-4,6H,1-2H3;2*1-2H3;/q4*-1;+4. The molecule has 0 heterocycles. The van der Waals surface area contributed by atoms with Crippen molar-refractivity contribution in [1.82, 2.24) is 0 Å². The van der Waals surface area contributed by atoms with E-state index in [2.05, 4.69) is 42.7 Å². The first-order valence-corrected chi connectivity index (χ1v) is 8.91. The van der Waals surface area contributed by atoms with Crippen LogP contribution in [0.4, 0.5) is 0 Å². The third kappa shape index (κ3) is 17.8. The Morgan fingerprint density at radius 1 is 1.00 bits per heavy atom. The van der Waals surface area contributed by atoms with Crippen LogP contribution < -0.4 is 0 Å². The normalized spacial score (nSPS) is 14.4. The molecule has 0 amide bonds. The van der Waals surface area contributed by atoms with Crippen LogP contribution in [-0.2, 0) is 31.7 Å². The van der Waals surface area contributed by atoms with E-state index in [9.17, 15) is 8.42 Å². The molecule has 0 saturated carbocycles. The first-order chi connectivity index (χ1) is 11.1. The number of sulfonamides is 1. The summed E-state index contributed by atoms with van der Waals surface area (Å²) in [4.78, 5) is 0.0445. The summed E-state index contributed by atoms with van der Waals surface area (Å²) in [6, 6.07) is 6.19. The Labute approximate surface area is 169 Å². The van der Waals surface area contributed by atoms with E-state index in [1.807, 2.05) is 6.92 Å². The van der Waals surface area contributed by atoms with Gasteiger partial charge in [-0.2, -0.15) is 34.3 Å². The maximum Gasteiger partial charge on any atom is 4.00 e. The van der Waals surface area contributed by atoms with E-state index in [0.717, 1.165) is 5.56 Å². The van der Waals surface area contributed by atoms with Gasteiger partial charge in [0.2, 0.25) is 0 Å². The minimum Gasteiger partial charge on any atom is -0.668 e. The van der Waals surface area contributed by atoms with Crippen LogP contribution in [-0.4, -0.2) is 36.6 Å². The minimum atomic E-state index is -3.77. The Balaban J connectivity index is -0.000000298. The summed E-state index contributed by atoms with van der Waals surface area (Å²) in [5.74, 6) is 0.556. The maximum atomic E-state index is 10.6. The van der Waals surface area contributed by atoms with Crippen molar-refractivity contribution in [3.8, 4) is 0 Å². The average molecular weight is 399 g/mol. The van der Waals surface area contributed by atoms with Crippen molar-refractivity contribution in [2.45, 2.75) is 25.7 Å². The second-order valence-electron chi connectivity index (χ2n) is 5.19. The predicted molar refractivity (Wildman–Crippen MR) is 104 cm³/mol. The summed E-state index contributed by atoms with van der Waals surface area (Å²) in [5, 5.41) is 13.7. The average Bonchev–Trinajstić information content (AvgIpc) is 2.84. The van der Waals surface area contributed by atoms with Gasteiger partial charge in [-0.05, 0) is 19.1 Å². The molecule has 0 saturated heterocycles. The number of nitrogens with zero attached hydrogens (tertiary/aromatic N) is 2. The summed E-state index contributed by atoms with van der Waals surface area (Å²) in [5.41, 5.74) is 2.25. The van der Waals surface area contributed by atoms with Crippen LogP contribution in [0.1, 0.15) is 19.4 Å². The first kappa shape index (κ1) is 29.0. The largest absolute Gasteiger partial charge is 4.00 e. The number of rotatable bonds is 1. The molecule has 1 aliphatic carbocycles. The molecular weight excluding hydrogens is 370 g/mol. The van der Waals surface area contributed by atoms with Gasteiger partial charge in [-0.3, -0.25) is 6.08 Å². The van der Waals surface area contributed by atoms with Gasteiger partial charge in [-0.1, -0.05) is 37.5 Å². The Bertz CT molecular complexity index is 595. The molecule has 1 N–H and O–H groups in total. The van der Waals surface area contributed by atoms with E-state index in [1.165, 1.54) is 17.7 Å². The Kier molecular flexibility index (Phi) is 19.4. The molecule has 138 valence electrons. The fourth-order valence-corrected chi connectivity index (χ4v) is 1.96. The summed E-state index contributed by atoms with van der Waals surface area (Å²) in [6.45, 7) is 6.06. The fourth-order valence-electron chi connectivity index (χ4n) is 1.46. The molecule has 0 spiro atoms. The molecular formula is C18H29N3O2STi. The molecule has 0 bridgehead atoms. The molecule has 0 aromatic heterocycles. The van der Waals surface area contributed by atoms with E-state index in [-0.39, 0.29) is 26.6 Å². The molecule has 1 aromatic carbocycles. The van der Waals surface area contributed by atoms with E-state index in [1.54, 1.807) is 40.3 Å². The number of hydrogen-bond donors (Lipinski definition) is 0. The molecule has 0 aliphatic heterocycles. The quantitative estimate of drug-likeness (QED) is 0.496. The van der Waals surface area contributed by atoms with Gasteiger partial charge >= 0.3 is 21.7 Å². The minimum absolute atomic E-state index is 0. The van der Waals surface area contributed by atoms with Crippen molar-refractivity contribution >= 4 is 10.0 Å². The van der Waals surface area contributed by atoms with E-state index in [0.29, 0.717) is 5.92 Å². The molecule has 1 unspecified atom stereocenters. The van der Waals surface area contributed by atoms with Crippen LogP contribution in [0.2, 0.25) is 0 Å². The zero-order valence-corrected chi connectivity index (χ0v) is 18.5. The number of allylic oxidation sites excluding steroid dienone is 4. The summed E-state index contributed by atoms with van der Waals surface area (Å²) in [7, 11) is 3.23. The van der Waals surface area contributed by atoms with Crippen LogP contribution >= 0.6 is 0 Å². The number of nitrogens with one attached hydrogen (secondary N) is 1. The molecule has 1 aliphatic rings. The monoisotopic (exact) mass is 399 g/mol. The van der Waals surface area contributed by atoms with Crippen molar-refractivity contribution in [3.63, 3.8) is 0 Å². The van der Waals surface area contributed by atoms with Gasteiger partial charge in [-0.15, -0.1) is 0 Å². The summed E-state index contributed by atoms with van der Waals surface area (Å²) >= 11 is 0. The molecule has 7 heteroatoms. The maximum absolute atomic E-state index is 10.6. The van der Waals surface area contributed by atoms with E-state index >= 15 is 0 Å². The van der Waals surface area contributed by atoms with Gasteiger partial charge in [0, 0.05) is 4.90 Å². The molecule has 1 atom stereocenters. The second-order valence-corrected chi connectivity index (χ2v) is 6.66. The van der Waals surface area contributed by atoms with Crippen LogP contribution in [0.25, 0.3) is 15.8 Å². The van der Waals surface area contributed by atoms with Crippen LogP contribution in [0.15, 0.2) is 46.9 Å². The van der Waals surface area contributed by atoms with Crippen molar-refractivity contribution in [2.75, 3.05) is 28.2 Å². The van der Waals surface area contributed by atoms with Crippen molar-refractivity contribution in [2.24, 2.45) is 5.92 Å². The Hall–Kier alpha value is -0.756. The van der Waals surface area contributed by atoms with Crippen molar-refractivity contribution < 1.29 is 30.1 Å². The second kappa shape index (κ2) is 16.7. The summed E-state index contributed by atoms with van der Waals surface area (Å²) < 4.78 is 21.2. The van der Waals surface area contributed by atoms with Gasteiger partial charge in [0.25, 0.3) is 0 Å². The van der Waals surface area contributed by atoms with E-state index < -0.39 is 10.0 Å².